The van der Waals surface area contributed by atoms with E-state index in [2.05, 4.69) is 10.3 Å². The van der Waals surface area contributed by atoms with Crippen LogP contribution >= 0.6 is 0 Å². The number of benzene rings is 3. The molecule has 0 radical (unpaired) electrons. The van der Waals surface area contributed by atoms with E-state index in [1.54, 1.807) is 65.4 Å². The van der Waals surface area contributed by atoms with Crippen LogP contribution in [0.5, 0.6) is 0 Å². The average Bonchev–Trinajstić information content (AvgIpc) is 3.16. The molecular weight excluding hydrogens is 446 g/mol. The molecule has 0 fully saturated rings. The minimum atomic E-state index is -0.501. The quantitative estimate of drug-likeness (QED) is 0.295. The highest BCUT2D eigenvalue weighted by molar-refractivity contribution is 6.04. The van der Waals surface area contributed by atoms with Crippen LogP contribution in [-0.4, -0.2) is 24.9 Å². The third-order valence-corrected chi connectivity index (χ3v) is 5.58. The monoisotopic (exact) mass is 465 g/mol. The second kappa shape index (κ2) is 9.06. The predicted molar refractivity (Wildman–Crippen MR) is 132 cm³/mol. The summed E-state index contributed by atoms with van der Waals surface area (Å²) in [4.78, 5) is 40.9. The van der Waals surface area contributed by atoms with Gasteiger partial charge in [0.1, 0.15) is 0 Å². The van der Waals surface area contributed by atoms with Crippen LogP contribution in [0.3, 0.4) is 0 Å². The number of carbonyl (C=O) groups is 1. The highest BCUT2D eigenvalue weighted by Crippen LogP contribution is 2.21. The van der Waals surface area contributed by atoms with Gasteiger partial charge in [-0.15, -0.1) is 0 Å². The Morgan fingerprint density at radius 2 is 1.71 bits per heavy atom. The number of amides is 1. The Morgan fingerprint density at radius 3 is 2.46 bits per heavy atom. The van der Waals surface area contributed by atoms with Crippen molar-refractivity contribution in [3.05, 3.63) is 129 Å². The Hall–Kier alpha value is -5.05. The minimum Gasteiger partial charge on any atom is -0.322 e. The first-order valence-corrected chi connectivity index (χ1v) is 10.8. The maximum Gasteiger partial charge on any atom is 0.335 e. The molecule has 1 N–H and O–H groups in total. The third-order valence-electron chi connectivity index (χ3n) is 5.58. The molecule has 0 aliphatic carbocycles. The SMILES string of the molecule is O=C(Nc1ccc(Cn2c(=O)n(-c3cccc([N+](=O)[O-])c3)c3ncccc32)cc1)c1ccccc1. The summed E-state index contributed by atoms with van der Waals surface area (Å²) in [5.41, 5.74) is 2.94. The Morgan fingerprint density at radius 1 is 0.943 bits per heavy atom. The van der Waals surface area contributed by atoms with E-state index in [0.717, 1.165) is 5.56 Å². The topological polar surface area (TPSA) is 112 Å². The number of rotatable bonds is 6. The van der Waals surface area contributed by atoms with Gasteiger partial charge in [0.05, 0.1) is 22.7 Å². The Bertz CT molecular complexity index is 1600. The Kier molecular flexibility index (Phi) is 5.64. The predicted octanol–water partition coefficient (Wildman–Crippen LogP) is 4.40. The van der Waals surface area contributed by atoms with Crippen molar-refractivity contribution < 1.29 is 9.72 Å². The fraction of sp³-hybridized carbons (Fsp3) is 0.0385. The lowest BCUT2D eigenvalue weighted by atomic mass is 10.2. The minimum absolute atomic E-state index is 0.112. The standard InChI is InChI=1S/C26H19N5O4/c32-25(19-6-2-1-3-7-19)28-20-13-11-18(12-14-20)17-29-23-10-5-15-27-24(23)30(26(29)33)21-8-4-9-22(16-21)31(34)35/h1-16H,17H2,(H,28,32). The lowest BCUT2D eigenvalue weighted by molar-refractivity contribution is -0.384. The molecule has 2 heterocycles. The van der Waals surface area contributed by atoms with E-state index in [0.29, 0.717) is 28.1 Å². The number of fused-ring (bicyclic) bond motifs is 1. The molecule has 5 rings (SSSR count). The first-order chi connectivity index (χ1) is 17.0. The summed E-state index contributed by atoms with van der Waals surface area (Å²) in [6.45, 7) is 0.260. The fourth-order valence-corrected chi connectivity index (χ4v) is 3.89. The zero-order chi connectivity index (χ0) is 24.4. The number of pyridine rings is 1. The number of nitro benzene ring substituents is 1. The van der Waals surface area contributed by atoms with E-state index >= 15 is 0 Å². The van der Waals surface area contributed by atoms with Gasteiger partial charge >= 0.3 is 5.69 Å². The molecule has 0 unspecified atom stereocenters. The number of nitrogens with zero attached hydrogens (tertiary/aromatic N) is 4. The average molecular weight is 465 g/mol. The number of hydrogen-bond donors (Lipinski definition) is 1. The number of nitro groups is 1. The number of imidazole rings is 1. The van der Waals surface area contributed by atoms with Gasteiger partial charge in [-0.1, -0.05) is 36.4 Å². The maximum absolute atomic E-state index is 13.4. The second-order valence-corrected chi connectivity index (χ2v) is 7.84. The molecule has 35 heavy (non-hydrogen) atoms. The van der Waals surface area contributed by atoms with Gasteiger partial charge in [-0.2, -0.15) is 0 Å². The maximum atomic E-state index is 13.4. The lowest BCUT2D eigenvalue weighted by Gasteiger charge is -2.08. The largest absolute Gasteiger partial charge is 0.335 e. The highest BCUT2D eigenvalue weighted by atomic mass is 16.6. The van der Waals surface area contributed by atoms with Crippen LogP contribution < -0.4 is 11.0 Å². The van der Waals surface area contributed by atoms with Crippen molar-refractivity contribution in [3.63, 3.8) is 0 Å². The number of aromatic nitrogens is 3. The molecule has 0 saturated carbocycles. The van der Waals surface area contributed by atoms with Crippen LogP contribution in [-0.2, 0) is 6.54 Å². The number of nitrogens with one attached hydrogen (secondary N) is 1. The summed E-state index contributed by atoms with van der Waals surface area (Å²) in [6.07, 6.45) is 1.57. The van der Waals surface area contributed by atoms with Crippen LogP contribution in [0.2, 0.25) is 0 Å². The van der Waals surface area contributed by atoms with Gasteiger partial charge in [0.25, 0.3) is 11.6 Å². The van der Waals surface area contributed by atoms with Gasteiger partial charge in [0.15, 0.2) is 5.65 Å². The molecule has 0 aliphatic rings. The Balaban J connectivity index is 1.46. The number of non-ortho nitro benzene ring substituents is 1. The van der Waals surface area contributed by atoms with Crippen LogP contribution in [0.25, 0.3) is 16.9 Å². The van der Waals surface area contributed by atoms with Gasteiger partial charge in [-0.3, -0.25) is 19.5 Å². The van der Waals surface area contributed by atoms with E-state index < -0.39 is 4.92 Å². The fourth-order valence-electron chi connectivity index (χ4n) is 3.89. The van der Waals surface area contributed by atoms with Gasteiger partial charge in [-0.25, -0.2) is 14.3 Å². The van der Waals surface area contributed by atoms with E-state index in [-0.39, 0.29) is 23.8 Å². The summed E-state index contributed by atoms with van der Waals surface area (Å²) >= 11 is 0. The van der Waals surface area contributed by atoms with Gasteiger partial charge in [0, 0.05) is 29.6 Å². The molecule has 9 nitrogen and oxygen atoms in total. The van der Waals surface area contributed by atoms with E-state index in [9.17, 15) is 19.7 Å². The number of anilines is 1. The smallest absolute Gasteiger partial charge is 0.322 e. The molecule has 0 bridgehead atoms. The van der Waals surface area contributed by atoms with Gasteiger partial charge in [0.2, 0.25) is 0 Å². The first-order valence-electron chi connectivity index (χ1n) is 10.8. The van der Waals surface area contributed by atoms with Crippen molar-refractivity contribution in [3.8, 4) is 5.69 Å². The zero-order valence-corrected chi connectivity index (χ0v) is 18.4. The van der Waals surface area contributed by atoms with E-state index in [4.69, 9.17) is 0 Å². The van der Waals surface area contributed by atoms with Crippen LogP contribution in [0.4, 0.5) is 11.4 Å². The Labute approximate surface area is 199 Å². The molecule has 0 saturated heterocycles. The molecule has 0 aliphatic heterocycles. The second-order valence-electron chi connectivity index (χ2n) is 7.84. The van der Waals surface area contributed by atoms with Crippen molar-refractivity contribution >= 4 is 28.4 Å². The van der Waals surface area contributed by atoms with E-state index in [1.807, 2.05) is 18.2 Å². The van der Waals surface area contributed by atoms with Crippen molar-refractivity contribution in [2.24, 2.45) is 0 Å². The molecule has 0 atom stereocenters. The first kappa shape index (κ1) is 21.8. The lowest BCUT2D eigenvalue weighted by Crippen LogP contribution is -2.24. The molecule has 5 aromatic rings. The molecule has 172 valence electrons. The van der Waals surface area contributed by atoms with Gasteiger partial charge < -0.3 is 5.32 Å². The summed E-state index contributed by atoms with van der Waals surface area (Å²) in [5.74, 6) is -0.208. The molecule has 2 aromatic heterocycles. The normalized spacial score (nSPS) is 10.9. The van der Waals surface area contributed by atoms with Crippen LogP contribution in [0, 0.1) is 10.1 Å². The van der Waals surface area contributed by atoms with Crippen molar-refractivity contribution in [1.82, 2.24) is 14.1 Å². The molecular formula is C26H19N5O4. The van der Waals surface area contributed by atoms with Gasteiger partial charge in [-0.05, 0) is 48.0 Å². The molecule has 0 spiro atoms. The molecule has 9 heteroatoms. The van der Waals surface area contributed by atoms with Crippen molar-refractivity contribution in [1.29, 1.82) is 0 Å². The van der Waals surface area contributed by atoms with E-state index in [1.165, 1.54) is 22.8 Å². The number of hydrogen-bond acceptors (Lipinski definition) is 5. The van der Waals surface area contributed by atoms with Crippen LogP contribution in [0.1, 0.15) is 15.9 Å². The molecule has 1 amide bonds. The third kappa shape index (κ3) is 4.30. The zero-order valence-electron chi connectivity index (χ0n) is 18.4. The van der Waals surface area contributed by atoms with Crippen molar-refractivity contribution in [2.75, 3.05) is 5.32 Å². The molecule has 3 aromatic carbocycles. The highest BCUT2D eigenvalue weighted by Gasteiger charge is 2.17. The van der Waals surface area contributed by atoms with Crippen molar-refractivity contribution in [2.45, 2.75) is 6.54 Å². The summed E-state index contributed by atoms with van der Waals surface area (Å²) in [5, 5.41) is 14.1. The summed E-state index contributed by atoms with van der Waals surface area (Å²) in [7, 11) is 0. The number of carbonyl (C=O) groups excluding carboxylic acids is 1. The summed E-state index contributed by atoms with van der Waals surface area (Å²) in [6, 6.07) is 25.6. The van der Waals surface area contributed by atoms with Crippen LogP contribution in [0.15, 0.2) is 102 Å². The summed E-state index contributed by atoms with van der Waals surface area (Å²) < 4.78 is 2.94.